The zero-order valence-corrected chi connectivity index (χ0v) is 13.7. The van der Waals surface area contributed by atoms with E-state index in [4.69, 9.17) is 0 Å². The van der Waals surface area contributed by atoms with Gasteiger partial charge in [-0.15, -0.1) is 12.5 Å². The van der Waals surface area contributed by atoms with Crippen LogP contribution >= 0.6 is 0 Å². The van der Waals surface area contributed by atoms with E-state index in [0.717, 1.165) is 0 Å². The zero-order chi connectivity index (χ0) is 10.7. The molecule has 0 fully saturated rings. The average Bonchev–Trinajstić information content (AvgIpc) is 1.78. The van der Waals surface area contributed by atoms with E-state index in [1.54, 1.807) is 6.92 Å². The molecular formula is C10H21F3N2Y-4. The molecule has 0 rings (SSSR count). The molecule has 0 aromatic heterocycles. The van der Waals surface area contributed by atoms with Gasteiger partial charge < -0.3 is 25.5 Å². The van der Waals surface area contributed by atoms with Crippen molar-refractivity contribution in [1.82, 2.24) is 0 Å². The van der Waals surface area contributed by atoms with E-state index in [0.29, 0.717) is 0 Å². The maximum absolute atomic E-state index is 11.7. The first kappa shape index (κ1) is 25.6. The quantitative estimate of drug-likeness (QED) is 0.693. The molecule has 0 bridgehead atoms. The van der Waals surface area contributed by atoms with Gasteiger partial charge in [-0.05, 0) is 0 Å². The average molecular weight is 315 g/mol. The standard InChI is InChI=1S/C8H15F3N2.2CH3.Y/c1-6(13-7(2,3)4)12-5-8(9,10)11;;;/h6H,5H2,1-4H3;2*1H3;/q-2;2*-1;. The smallest absolute Gasteiger partial charge is 0.371 e. The molecule has 0 N–H and O–H groups in total. The molecule has 6 heteroatoms. The van der Waals surface area contributed by atoms with Gasteiger partial charge in [0.25, 0.3) is 0 Å². The molecule has 1 radical (unpaired) electrons. The van der Waals surface area contributed by atoms with Crippen LogP contribution in [0.25, 0.3) is 10.6 Å². The van der Waals surface area contributed by atoms with Gasteiger partial charge in [-0.2, -0.15) is 13.2 Å². The summed E-state index contributed by atoms with van der Waals surface area (Å²) >= 11 is 0. The summed E-state index contributed by atoms with van der Waals surface area (Å²) in [6.07, 6.45) is -4.82. The Labute approximate surface area is 123 Å². The van der Waals surface area contributed by atoms with E-state index in [1.165, 1.54) is 0 Å². The Morgan fingerprint density at radius 1 is 1.06 bits per heavy atom. The fourth-order valence-corrected chi connectivity index (χ4v) is 0.837. The second-order valence-electron chi connectivity index (χ2n) is 3.89. The van der Waals surface area contributed by atoms with E-state index < -0.39 is 18.9 Å². The van der Waals surface area contributed by atoms with Crippen molar-refractivity contribution in [1.29, 1.82) is 0 Å². The molecule has 0 aliphatic heterocycles. The molecular weight excluding hydrogens is 294 g/mol. The van der Waals surface area contributed by atoms with E-state index in [2.05, 4.69) is 10.6 Å². The molecule has 0 aromatic carbocycles. The molecule has 16 heavy (non-hydrogen) atoms. The minimum absolute atomic E-state index is 0. The van der Waals surface area contributed by atoms with E-state index >= 15 is 0 Å². The molecule has 0 spiro atoms. The van der Waals surface area contributed by atoms with Gasteiger partial charge in [0.15, 0.2) is 0 Å². The fourth-order valence-electron chi connectivity index (χ4n) is 0.837. The molecule has 0 saturated carbocycles. The van der Waals surface area contributed by atoms with E-state index in [1.807, 2.05) is 20.8 Å². The summed E-state index contributed by atoms with van der Waals surface area (Å²) in [4.78, 5) is 0. The normalized spacial score (nSPS) is 12.9. The summed E-state index contributed by atoms with van der Waals surface area (Å²) in [5, 5.41) is 7.43. The second kappa shape index (κ2) is 9.80. The molecule has 99 valence electrons. The van der Waals surface area contributed by atoms with Crippen molar-refractivity contribution in [2.24, 2.45) is 0 Å². The fraction of sp³-hybridized carbons (Fsp3) is 0.800. The molecule has 0 heterocycles. The molecule has 1 unspecified atom stereocenters. The molecule has 0 saturated heterocycles. The van der Waals surface area contributed by atoms with Gasteiger partial charge in [0.2, 0.25) is 0 Å². The Balaban J connectivity index is -0.000000240. The van der Waals surface area contributed by atoms with Gasteiger partial charge in [-0.3, -0.25) is 0 Å². The van der Waals surface area contributed by atoms with Gasteiger partial charge in [0.05, 0.1) is 0 Å². The molecule has 1 atom stereocenters. The predicted molar refractivity (Wildman–Crippen MR) is 59.7 cm³/mol. The summed E-state index contributed by atoms with van der Waals surface area (Å²) in [5.74, 6) is 0. The number of alkyl halides is 3. The number of nitrogens with zero attached hydrogens (tertiary/aromatic N) is 2. The third-order valence-electron chi connectivity index (χ3n) is 1.11. The molecule has 2 nitrogen and oxygen atoms in total. The van der Waals surface area contributed by atoms with Gasteiger partial charge in [0.1, 0.15) is 0 Å². The van der Waals surface area contributed by atoms with Crippen molar-refractivity contribution >= 4 is 0 Å². The van der Waals surface area contributed by atoms with Gasteiger partial charge in [0, 0.05) is 32.7 Å². The Hall–Kier alpha value is 0.814. The molecule has 0 aliphatic carbocycles. The zero-order valence-electron chi connectivity index (χ0n) is 10.9. The predicted octanol–water partition coefficient (Wildman–Crippen LogP) is 4.34. The Kier molecular flexibility index (Phi) is 15.7. The first-order valence-electron chi connectivity index (χ1n) is 4.05. The van der Waals surface area contributed by atoms with Crippen molar-refractivity contribution in [3.63, 3.8) is 0 Å². The summed E-state index contributed by atoms with van der Waals surface area (Å²) < 4.78 is 35.1. The van der Waals surface area contributed by atoms with E-state index in [9.17, 15) is 13.2 Å². The van der Waals surface area contributed by atoms with Crippen molar-refractivity contribution in [3.8, 4) is 0 Å². The summed E-state index contributed by atoms with van der Waals surface area (Å²) in [7, 11) is 0. The third-order valence-corrected chi connectivity index (χ3v) is 1.11. The van der Waals surface area contributed by atoms with Gasteiger partial charge >= 0.3 is 6.18 Å². The second-order valence-corrected chi connectivity index (χ2v) is 3.89. The monoisotopic (exact) mass is 315 g/mol. The first-order valence-corrected chi connectivity index (χ1v) is 4.05. The summed E-state index contributed by atoms with van der Waals surface area (Å²) in [6, 6.07) is 0. The largest absolute Gasteiger partial charge is 0.673 e. The topological polar surface area (TPSA) is 28.2 Å². The van der Waals surface area contributed by atoms with E-state index in [-0.39, 0.29) is 53.1 Å². The van der Waals surface area contributed by atoms with Crippen LogP contribution in [-0.2, 0) is 32.7 Å². The van der Waals surface area contributed by atoms with Crippen LogP contribution in [0.15, 0.2) is 0 Å². The summed E-state index contributed by atoms with van der Waals surface area (Å²) in [5.41, 5.74) is -0.339. The number of hydrogen-bond acceptors (Lipinski definition) is 0. The SMILES string of the molecule is CC([N-]CC(F)(F)F)[N-]C(C)(C)C.[CH3-].[CH3-].[Y]. The van der Waals surface area contributed by atoms with Gasteiger partial charge in [-0.25, -0.2) is 6.17 Å². The van der Waals surface area contributed by atoms with Crippen LogP contribution in [-0.4, -0.2) is 24.4 Å². The summed E-state index contributed by atoms with van der Waals surface area (Å²) in [6.45, 7) is 5.91. The maximum Gasteiger partial charge on any atom is 0.371 e. The Morgan fingerprint density at radius 3 is 1.69 bits per heavy atom. The number of halogens is 3. The minimum Gasteiger partial charge on any atom is -0.673 e. The van der Waals surface area contributed by atoms with Crippen LogP contribution in [0.5, 0.6) is 0 Å². The number of rotatable bonds is 3. The van der Waals surface area contributed by atoms with Crippen LogP contribution in [0.3, 0.4) is 0 Å². The van der Waals surface area contributed by atoms with Crippen molar-refractivity contribution in [2.45, 2.75) is 45.6 Å². The molecule has 0 aliphatic rings. The van der Waals surface area contributed by atoms with Crippen molar-refractivity contribution in [2.75, 3.05) is 6.54 Å². The van der Waals surface area contributed by atoms with Gasteiger partial charge in [-0.1, -0.05) is 27.3 Å². The molecule has 0 aromatic rings. The third kappa shape index (κ3) is 20.3. The minimum atomic E-state index is -4.22. The number of hydrogen-bond donors (Lipinski definition) is 0. The van der Waals surface area contributed by atoms with Crippen LogP contribution in [0.2, 0.25) is 0 Å². The van der Waals surface area contributed by atoms with Crippen molar-refractivity contribution in [3.05, 3.63) is 25.5 Å². The Bertz CT molecular complexity index is 155. The van der Waals surface area contributed by atoms with Crippen LogP contribution in [0, 0.1) is 14.9 Å². The Morgan fingerprint density at radius 2 is 1.44 bits per heavy atom. The van der Waals surface area contributed by atoms with Crippen LogP contribution in [0.1, 0.15) is 27.7 Å². The first-order chi connectivity index (χ1) is 5.60. The van der Waals surface area contributed by atoms with Crippen molar-refractivity contribution < 1.29 is 45.9 Å². The van der Waals surface area contributed by atoms with Crippen LogP contribution < -0.4 is 0 Å². The maximum atomic E-state index is 11.7. The van der Waals surface area contributed by atoms with Crippen LogP contribution in [0.4, 0.5) is 13.2 Å². The molecule has 0 amide bonds.